The summed E-state index contributed by atoms with van der Waals surface area (Å²) in [6, 6.07) is 20.0. The van der Waals surface area contributed by atoms with E-state index in [1.807, 2.05) is 42.5 Å². The van der Waals surface area contributed by atoms with Gasteiger partial charge >= 0.3 is 5.97 Å². The molecule has 4 N–H and O–H groups in total. The third kappa shape index (κ3) is 4.06. The average Bonchev–Trinajstić information content (AvgIpc) is 2.73. The summed E-state index contributed by atoms with van der Waals surface area (Å²) in [4.78, 5) is 26.3. The fraction of sp³-hybridized carbons (Fsp3) is 0.130. The van der Waals surface area contributed by atoms with Gasteiger partial charge < -0.3 is 21.1 Å². The van der Waals surface area contributed by atoms with Crippen LogP contribution in [0.2, 0.25) is 0 Å². The molecule has 3 aromatic rings. The Balaban J connectivity index is 2.10. The number of para-hydroxylation sites is 1. The molecule has 0 saturated carbocycles. The number of nitrogen functional groups attached to an aromatic ring is 1. The number of nitrogens with two attached hydrogens (primary N) is 2. The van der Waals surface area contributed by atoms with Crippen LogP contribution in [-0.4, -0.2) is 25.5 Å². The third-order valence-corrected chi connectivity index (χ3v) is 4.64. The zero-order valence-electron chi connectivity index (χ0n) is 16.4. The second-order valence-electron chi connectivity index (χ2n) is 6.48. The number of hydrogen-bond acceptors (Lipinski definition) is 5. The van der Waals surface area contributed by atoms with Gasteiger partial charge in [-0.1, -0.05) is 42.5 Å². The van der Waals surface area contributed by atoms with Gasteiger partial charge in [0.25, 0.3) is 0 Å². The molecule has 0 aliphatic rings. The number of amides is 1. The van der Waals surface area contributed by atoms with Crippen molar-refractivity contribution in [3.63, 3.8) is 0 Å². The standard InChI is InChI=1S/C23H23N3O3/c1-3-29-23(28)18-10-7-11-20(24)21(18)26(2)16-12-13-17(19(14-16)22(25)27)15-8-5-4-6-9-15/h4-14H,3,24H2,1-2H3,(H2,25,27). The van der Waals surface area contributed by atoms with Gasteiger partial charge in [0.05, 0.1) is 23.5 Å². The summed E-state index contributed by atoms with van der Waals surface area (Å²) in [7, 11) is 1.77. The molecule has 6 nitrogen and oxygen atoms in total. The molecule has 0 fully saturated rings. The zero-order chi connectivity index (χ0) is 21.0. The zero-order valence-corrected chi connectivity index (χ0v) is 16.4. The first kappa shape index (κ1) is 19.9. The van der Waals surface area contributed by atoms with Crippen molar-refractivity contribution in [1.29, 1.82) is 0 Å². The molecule has 0 bridgehead atoms. The quantitative estimate of drug-likeness (QED) is 0.491. The van der Waals surface area contributed by atoms with Crippen LogP contribution < -0.4 is 16.4 Å². The van der Waals surface area contributed by atoms with Gasteiger partial charge in [0.2, 0.25) is 5.91 Å². The third-order valence-electron chi connectivity index (χ3n) is 4.64. The van der Waals surface area contributed by atoms with Crippen molar-refractivity contribution in [2.75, 3.05) is 24.3 Å². The van der Waals surface area contributed by atoms with E-state index >= 15 is 0 Å². The minimum Gasteiger partial charge on any atom is -0.462 e. The molecule has 148 valence electrons. The lowest BCUT2D eigenvalue weighted by atomic mass is 9.98. The number of benzene rings is 3. The normalized spacial score (nSPS) is 10.4. The highest BCUT2D eigenvalue weighted by Crippen LogP contribution is 2.35. The molecule has 0 atom stereocenters. The molecule has 0 aliphatic carbocycles. The molecule has 0 unspecified atom stereocenters. The number of ether oxygens (including phenoxy) is 1. The Morgan fingerprint density at radius 1 is 0.966 bits per heavy atom. The van der Waals surface area contributed by atoms with E-state index < -0.39 is 11.9 Å². The van der Waals surface area contributed by atoms with Crippen LogP contribution in [0.15, 0.2) is 66.7 Å². The maximum atomic E-state index is 12.4. The van der Waals surface area contributed by atoms with Crippen LogP contribution in [0.3, 0.4) is 0 Å². The Kier molecular flexibility index (Phi) is 5.83. The fourth-order valence-corrected chi connectivity index (χ4v) is 3.25. The Hall–Kier alpha value is -3.80. The summed E-state index contributed by atoms with van der Waals surface area (Å²) in [5.41, 5.74) is 15.8. The number of hydrogen-bond donors (Lipinski definition) is 2. The van der Waals surface area contributed by atoms with Crippen LogP contribution in [0.25, 0.3) is 11.1 Å². The lowest BCUT2D eigenvalue weighted by Crippen LogP contribution is -2.19. The number of primary amides is 1. The summed E-state index contributed by atoms with van der Waals surface area (Å²) in [6.07, 6.45) is 0. The van der Waals surface area contributed by atoms with E-state index in [1.54, 1.807) is 43.1 Å². The predicted octanol–water partition coefficient (Wildman–Crippen LogP) is 3.98. The number of carbonyl (C=O) groups excluding carboxylic acids is 2. The summed E-state index contributed by atoms with van der Waals surface area (Å²) in [5.74, 6) is -0.997. The minimum absolute atomic E-state index is 0.258. The summed E-state index contributed by atoms with van der Waals surface area (Å²) < 4.78 is 5.15. The number of rotatable bonds is 6. The molecule has 29 heavy (non-hydrogen) atoms. The molecule has 6 heteroatoms. The maximum absolute atomic E-state index is 12.4. The SMILES string of the molecule is CCOC(=O)c1cccc(N)c1N(C)c1ccc(-c2ccccc2)c(C(N)=O)c1. The lowest BCUT2D eigenvalue weighted by Gasteiger charge is -2.24. The molecular weight excluding hydrogens is 366 g/mol. The molecule has 0 spiro atoms. The number of esters is 1. The van der Waals surface area contributed by atoms with Gasteiger partial charge in [-0.15, -0.1) is 0 Å². The van der Waals surface area contributed by atoms with E-state index in [2.05, 4.69) is 0 Å². The molecule has 0 aliphatic heterocycles. The van der Waals surface area contributed by atoms with Crippen LogP contribution in [0.5, 0.6) is 0 Å². The van der Waals surface area contributed by atoms with E-state index in [0.29, 0.717) is 28.2 Å². The monoisotopic (exact) mass is 389 g/mol. The average molecular weight is 389 g/mol. The van der Waals surface area contributed by atoms with Gasteiger partial charge in [0.1, 0.15) is 0 Å². The highest BCUT2D eigenvalue weighted by molar-refractivity contribution is 6.03. The van der Waals surface area contributed by atoms with Gasteiger partial charge in [-0.3, -0.25) is 4.79 Å². The van der Waals surface area contributed by atoms with Crippen LogP contribution in [0.4, 0.5) is 17.1 Å². The Morgan fingerprint density at radius 2 is 1.69 bits per heavy atom. The van der Waals surface area contributed by atoms with Crippen molar-refractivity contribution in [3.05, 3.63) is 77.9 Å². The first-order valence-electron chi connectivity index (χ1n) is 9.22. The van der Waals surface area contributed by atoms with Crippen molar-refractivity contribution in [2.24, 2.45) is 5.73 Å². The molecule has 0 radical (unpaired) electrons. The van der Waals surface area contributed by atoms with Gasteiger partial charge in [-0.2, -0.15) is 0 Å². The van der Waals surface area contributed by atoms with Crippen LogP contribution in [0.1, 0.15) is 27.6 Å². The molecule has 3 aromatic carbocycles. The largest absolute Gasteiger partial charge is 0.462 e. The Morgan fingerprint density at radius 3 is 2.34 bits per heavy atom. The van der Waals surface area contributed by atoms with E-state index in [9.17, 15) is 9.59 Å². The number of nitrogens with zero attached hydrogens (tertiary/aromatic N) is 1. The minimum atomic E-state index is -0.536. The summed E-state index contributed by atoms with van der Waals surface area (Å²) >= 11 is 0. The summed E-state index contributed by atoms with van der Waals surface area (Å²) in [5, 5.41) is 0. The summed E-state index contributed by atoms with van der Waals surface area (Å²) in [6.45, 7) is 2.00. The number of anilines is 3. The van der Waals surface area contributed by atoms with E-state index in [4.69, 9.17) is 16.2 Å². The highest BCUT2D eigenvalue weighted by atomic mass is 16.5. The Labute approximate surface area is 169 Å². The predicted molar refractivity (Wildman–Crippen MR) is 115 cm³/mol. The first-order chi connectivity index (χ1) is 13.9. The van der Waals surface area contributed by atoms with Crippen LogP contribution >= 0.6 is 0 Å². The molecule has 1 amide bonds. The van der Waals surface area contributed by atoms with Gasteiger partial charge in [0.15, 0.2) is 0 Å². The second-order valence-corrected chi connectivity index (χ2v) is 6.48. The second kappa shape index (κ2) is 8.48. The van der Waals surface area contributed by atoms with Crippen LogP contribution in [0, 0.1) is 0 Å². The fourth-order valence-electron chi connectivity index (χ4n) is 3.25. The lowest BCUT2D eigenvalue weighted by molar-refractivity contribution is 0.0527. The smallest absolute Gasteiger partial charge is 0.340 e. The Bertz CT molecular complexity index is 1050. The van der Waals surface area contributed by atoms with Crippen molar-refractivity contribution < 1.29 is 14.3 Å². The maximum Gasteiger partial charge on any atom is 0.340 e. The van der Waals surface area contributed by atoms with Gasteiger partial charge in [-0.05, 0) is 42.3 Å². The first-order valence-corrected chi connectivity index (χ1v) is 9.22. The van der Waals surface area contributed by atoms with Crippen molar-refractivity contribution in [3.8, 4) is 11.1 Å². The van der Waals surface area contributed by atoms with Gasteiger partial charge in [0, 0.05) is 18.3 Å². The van der Waals surface area contributed by atoms with Crippen molar-refractivity contribution in [2.45, 2.75) is 6.92 Å². The molecule has 0 saturated heterocycles. The molecular formula is C23H23N3O3. The van der Waals surface area contributed by atoms with Gasteiger partial charge in [-0.25, -0.2) is 4.79 Å². The van der Waals surface area contributed by atoms with Crippen LogP contribution in [-0.2, 0) is 4.74 Å². The topological polar surface area (TPSA) is 98.7 Å². The molecule has 0 aromatic heterocycles. The van der Waals surface area contributed by atoms with E-state index in [1.165, 1.54) is 0 Å². The molecule has 3 rings (SSSR count). The van der Waals surface area contributed by atoms with Crippen molar-refractivity contribution >= 4 is 28.9 Å². The van der Waals surface area contributed by atoms with E-state index in [0.717, 1.165) is 11.1 Å². The number of carbonyl (C=O) groups is 2. The van der Waals surface area contributed by atoms with E-state index in [-0.39, 0.29) is 6.61 Å². The van der Waals surface area contributed by atoms with Crippen molar-refractivity contribution in [1.82, 2.24) is 0 Å². The highest BCUT2D eigenvalue weighted by Gasteiger charge is 2.20. The molecule has 0 heterocycles.